The van der Waals surface area contributed by atoms with Crippen molar-refractivity contribution >= 4 is 6.03 Å². The van der Waals surface area contributed by atoms with Gasteiger partial charge in [0.2, 0.25) is 0 Å². The first-order chi connectivity index (χ1) is 12.1. The van der Waals surface area contributed by atoms with Crippen molar-refractivity contribution in [3.8, 4) is 0 Å². The number of fused-ring (bicyclic) bond motifs is 2. The van der Waals surface area contributed by atoms with E-state index in [1.54, 1.807) is 0 Å². The van der Waals surface area contributed by atoms with Gasteiger partial charge in [0.1, 0.15) is 0 Å². The van der Waals surface area contributed by atoms with E-state index in [2.05, 4.69) is 35.8 Å². The van der Waals surface area contributed by atoms with Gasteiger partial charge in [-0.25, -0.2) is 4.79 Å². The van der Waals surface area contributed by atoms with Crippen LogP contribution in [0, 0.1) is 6.92 Å². The van der Waals surface area contributed by atoms with Gasteiger partial charge in [-0.2, -0.15) is 0 Å². The number of carbonyl (C=O) groups is 1. The average Bonchev–Trinajstić information content (AvgIpc) is 2.91. The van der Waals surface area contributed by atoms with Crippen molar-refractivity contribution in [1.82, 2.24) is 10.6 Å². The minimum absolute atomic E-state index is 0.0393. The molecular weight excluding hydrogens is 312 g/mol. The molecule has 0 radical (unpaired) electrons. The highest BCUT2D eigenvalue weighted by atomic mass is 16.3. The van der Waals surface area contributed by atoms with E-state index in [4.69, 9.17) is 0 Å². The Labute approximate surface area is 148 Å². The van der Waals surface area contributed by atoms with Gasteiger partial charge >= 0.3 is 6.03 Å². The molecule has 0 saturated heterocycles. The summed E-state index contributed by atoms with van der Waals surface area (Å²) in [4.78, 5) is 12.6. The summed E-state index contributed by atoms with van der Waals surface area (Å²) in [6.07, 6.45) is 3.13. The lowest BCUT2D eigenvalue weighted by molar-refractivity contribution is 0.141. The van der Waals surface area contributed by atoms with Gasteiger partial charge in [0.05, 0.1) is 18.2 Å². The monoisotopic (exact) mass is 336 g/mol. The quantitative estimate of drug-likeness (QED) is 0.788. The highest BCUT2D eigenvalue weighted by Crippen LogP contribution is 2.32. The van der Waals surface area contributed by atoms with E-state index in [9.17, 15) is 9.90 Å². The first-order valence-electron chi connectivity index (χ1n) is 9.04. The van der Waals surface area contributed by atoms with Crippen LogP contribution in [0.1, 0.15) is 52.7 Å². The van der Waals surface area contributed by atoms with Crippen LogP contribution in [0.4, 0.5) is 4.79 Å². The molecule has 2 aliphatic carbocycles. The number of aliphatic hydroxyl groups is 1. The molecule has 0 bridgehead atoms. The molecule has 0 spiro atoms. The SMILES string of the molecule is Cc1ccc2c(c1)[C@@H](NC(=O)N[C@@H]1c3ccccc3C[C@@H]1O)CCC2. The molecule has 25 heavy (non-hydrogen) atoms. The number of urea groups is 1. The minimum atomic E-state index is -0.566. The Morgan fingerprint density at radius 2 is 1.92 bits per heavy atom. The maximum Gasteiger partial charge on any atom is 0.315 e. The van der Waals surface area contributed by atoms with Gasteiger partial charge < -0.3 is 15.7 Å². The Morgan fingerprint density at radius 3 is 2.80 bits per heavy atom. The zero-order valence-corrected chi connectivity index (χ0v) is 14.5. The molecule has 0 fully saturated rings. The first-order valence-corrected chi connectivity index (χ1v) is 9.04. The molecule has 0 heterocycles. The Morgan fingerprint density at radius 1 is 1.08 bits per heavy atom. The number of hydrogen-bond donors (Lipinski definition) is 3. The number of benzene rings is 2. The van der Waals surface area contributed by atoms with Crippen LogP contribution in [0.25, 0.3) is 0 Å². The second kappa shape index (κ2) is 6.52. The predicted molar refractivity (Wildman–Crippen MR) is 97.4 cm³/mol. The van der Waals surface area contributed by atoms with Gasteiger partial charge in [-0.1, -0.05) is 48.0 Å². The normalized spacial score (nSPS) is 24.3. The summed E-state index contributed by atoms with van der Waals surface area (Å²) in [6.45, 7) is 2.08. The fraction of sp³-hybridized carbons (Fsp3) is 0.381. The van der Waals surface area contributed by atoms with Crippen LogP contribution >= 0.6 is 0 Å². The number of carbonyl (C=O) groups excluding carboxylic acids is 1. The largest absolute Gasteiger partial charge is 0.390 e. The van der Waals surface area contributed by atoms with E-state index in [1.165, 1.54) is 16.7 Å². The lowest BCUT2D eigenvalue weighted by Gasteiger charge is -2.28. The third-order valence-corrected chi connectivity index (χ3v) is 5.41. The van der Waals surface area contributed by atoms with E-state index in [0.29, 0.717) is 6.42 Å². The lowest BCUT2D eigenvalue weighted by atomic mass is 9.87. The van der Waals surface area contributed by atoms with Gasteiger partial charge in [-0.15, -0.1) is 0 Å². The number of amides is 2. The van der Waals surface area contributed by atoms with Crippen LogP contribution in [-0.4, -0.2) is 17.2 Å². The van der Waals surface area contributed by atoms with Crippen molar-refractivity contribution in [3.63, 3.8) is 0 Å². The molecule has 3 N–H and O–H groups in total. The van der Waals surface area contributed by atoms with Crippen LogP contribution in [0.3, 0.4) is 0 Å². The van der Waals surface area contributed by atoms with E-state index >= 15 is 0 Å². The highest BCUT2D eigenvalue weighted by molar-refractivity contribution is 5.75. The summed E-state index contributed by atoms with van der Waals surface area (Å²) < 4.78 is 0. The van der Waals surface area contributed by atoms with Crippen molar-refractivity contribution in [2.75, 3.05) is 0 Å². The molecular formula is C21H24N2O2. The van der Waals surface area contributed by atoms with Gasteiger partial charge in [-0.05, 0) is 48.4 Å². The zero-order valence-electron chi connectivity index (χ0n) is 14.5. The van der Waals surface area contributed by atoms with Crippen molar-refractivity contribution in [2.45, 2.75) is 50.8 Å². The molecule has 0 unspecified atom stereocenters. The number of nitrogens with one attached hydrogen (secondary N) is 2. The van der Waals surface area contributed by atoms with E-state index in [1.807, 2.05) is 24.3 Å². The van der Waals surface area contributed by atoms with Crippen LogP contribution in [0.5, 0.6) is 0 Å². The van der Waals surface area contributed by atoms with Gasteiger partial charge in [-0.3, -0.25) is 0 Å². The van der Waals surface area contributed by atoms with Crippen LogP contribution in [-0.2, 0) is 12.8 Å². The van der Waals surface area contributed by atoms with Crippen LogP contribution in [0.15, 0.2) is 42.5 Å². The standard InChI is InChI=1S/C21H24N2O2/c1-13-9-10-14-6-4-8-18(17(14)11-13)22-21(25)23-20-16-7-3-2-5-15(16)12-19(20)24/h2-3,5,7,9-11,18-20,24H,4,6,8,12H2,1H3,(H2,22,23,25)/t18-,19-,20+/m0/s1. The maximum absolute atomic E-state index is 12.6. The van der Waals surface area contributed by atoms with Crippen molar-refractivity contribution in [2.24, 2.45) is 0 Å². The Kier molecular flexibility index (Phi) is 4.22. The number of rotatable bonds is 2. The summed E-state index contributed by atoms with van der Waals surface area (Å²) in [5.74, 6) is 0. The molecule has 0 aliphatic heterocycles. The fourth-order valence-corrected chi connectivity index (χ4v) is 4.16. The summed E-state index contributed by atoms with van der Waals surface area (Å²) >= 11 is 0. The van der Waals surface area contributed by atoms with Crippen LogP contribution < -0.4 is 10.6 Å². The molecule has 4 heteroatoms. The molecule has 2 aromatic rings. The van der Waals surface area contributed by atoms with E-state index in [-0.39, 0.29) is 18.1 Å². The average molecular weight is 336 g/mol. The predicted octanol–water partition coefficient (Wildman–Crippen LogP) is 3.33. The fourth-order valence-electron chi connectivity index (χ4n) is 4.16. The zero-order chi connectivity index (χ0) is 17.4. The number of aliphatic hydroxyl groups excluding tert-OH is 1. The summed E-state index contributed by atoms with van der Waals surface area (Å²) in [6, 6.07) is 13.9. The molecule has 2 amide bonds. The van der Waals surface area contributed by atoms with Crippen molar-refractivity contribution < 1.29 is 9.90 Å². The molecule has 0 saturated carbocycles. The maximum atomic E-state index is 12.6. The van der Waals surface area contributed by atoms with Gasteiger partial charge in [0.15, 0.2) is 0 Å². The number of aryl methyl sites for hydroxylation is 2. The van der Waals surface area contributed by atoms with Gasteiger partial charge in [0, 0.05) is 6.42 Å². The molecule has 3 atom stereocenters. The van der Waals surface area contributed by atoms with E-state index in [0.717, 1.165) is 30.4 Å². The third kappa shape index (κ3) is 3.14. The van der Waals surface area contributed by atoms with E-state index < -0.39 is 6.10 Å². The summed E-state index contributed by atoms with van der Waals surface area (Å²) in [7, 11) is 0. The first kappa shape index (κ1) is 16.2. The molecule has 4 rings (SSSR count). The molecule has 0 aromatic heterocycles. The topological polar surface area (TPSA) is 61.4 Å². The molecule has 130 valence electrons. The van der Waals surface area contributed by atoms with Gasteiger partial charge in [0.25, 0.3) is 0 Å². The Bertz CT molecular complexity index is 802. The number of hydrogen-bond acceptors (Lipinski definition) is 2. The second-order valence-electron chi connectivity index (χ2n) is 7.21. The van der Waals surface area contributed by atoms with Crippen molar-refractivity contribution in [1.29, 1.82) is 0 Å². The summed E-state index contributed by atoms with van der Waals surface area (Å²) in [5, 5.41) is 16.4. The van der Waals surface area contributed by atoms with Crippen LogP contribution in [0.2, 0.25) is 0 Å². The molecule has 2 aliphatic rings. The Hall–Kier alpha value is -2.33. The lowest BCUT2D eigenvalue weighted by Crippen LogP contribution is -2.43. The summed E-state index contributed by atoms with van der Waals surface area (Å²) in [5.41, 5.74) is 5.90. The molecule has 4 nitrogen and oxygen atoms in total. The second-order valence-corrected chi connectivity index (χ2v) is 7.21. The smallest absolute Gasteiger partial charge is 0.315 e. The Balaban J connectivity index is 1.48. The molecule has 2 aromatic carbocycles. The third-order valence-electron chi connectivity index (χ3n) is 5.41. The highest BCUT2D eigenvalue weighted by Gasteiger charge is 2.32. The van der Waals surface area contributed by atoms with Crippen molar-refractivity contribution in [3.05, 3.63) is 70.3 Å². The minimum Gasteiger partial charge on any atom is -0.390 e.